The Kier molecular flexibility index (Phi) is 7.20. The predicted octanol–water partition coefficient (Wildman–Crippen LogP) is 5.05. The average molecular weight is 450 g/mol. The number of carbonyl (C=O) groups is 2. The number of hydrogen-bond donors (Lipinski definition) is 0. The van der Waals surface area contributed by atoms with Crippen molar-refractivity contribution in [3.63, 3.8) is 0 Å². The van der Waals surface area contributed by atoms with Gasteiger partial charge in [-0.1, -0.05) is 4.86 Å². The molecule has 0 spiro atoms. The average Bonchev–Trinajstić information content (AvgIpc) is 2.69. The lowest BCUT2D eigenvalue weighted by Crippen LogP contribution is -2.20. The van der Waals surface area contributed by atoms with E-state index in [9.17, 15) is 41.1 Å². The molecule has 166 valence electrons. The second-order valence-corrected chi connectivity index (χ2v) is 5.85. The Morgan fingerprint density at radius 2 is 1.16 bits per heavy atom. The van der Waals surface area contributed by atoms with Crippen molar-refractivity contribution in [1.82, 2.24) is 0 Å². The number of hydrogen-bond acceptors (Lipinski definition) is 6. The van der Waals surface area contributed by atoms with Crippen LogP contribution in [0.1, 0.15) is 20.7 Å². The first-order valence-corrected chi connectivity index (χ1v) is 8.21. The van der Waals surface area contributed by atoms with Crippen LogP contribution in [-0.2, 0) is 9.47 Å². The summed E-state index contributed by atoms with van der Waals surface area (Å²) in [5.74, 6) is -2.44. The number of azo groups is 1. The molecule has 0 bridgehead atoms. The smallest absolute Gasteiger partial charge is 0.422 e. The fourth-order valence-corrected chi connectivity index (χ4v) is 2.01. The Labute approximate surface area is 170 Å². The molecule has 2 aromatic carbocycles. The van der Waals surface area contributed by atoms with E-state index in [4.69, 9.17) is 0 Å². The van der Waals surface area contributed by atoms with Crippen molar-refractivity contribution < 1.29 is 50.3 Å². The highest BCUT2D eigenvalue weighted by Gasteiger charge is 2.30. The first-order valence-electron chi connectivity index (χ1n) is 8.21. The summed E-state index contributed by atoms with van der Waals surface area (Å²) in [6, 6.07) is 8.92. The van der Waals surface area contributed by atoms with E-state index in [0.717, 1.165) is 36.4 Å². The van der Waals surface area contributed by atoms with Gasteiger partial charge in [0.05, 0.1) is 11.1 Å². The van der Waals surface area contributed by atoms with Gasteiger partial charge in [-0.15, -0.1) is 0 Å². The molecule has 0 N–H and O–H groups in total. The van der Waals surface area contributed by atoms with Crippen LogP contribution in [-0.4, -0.2) is 42.4 Å². The zero-order chi connectivity index (χ0) is 23.2. The lowest BCUT2D eigenvalue weighted by Gasteiger charge is -2.08. The largest absolute Gasteiger partial charge is 0.594 e. The maximum Gasteiger partial charge on any atom is 0.422 e. The summed E-state index contributed by atoms with van der Waals surface area (Å²) in [4.78, 5) is 23.2. The molecular formula is C18H12F6N2O5. The van der Waals surface area contributed by atoms with E-state index in [1.165, 1.54) is 12.1 Å². The minimum absolute atomic E-state index is 0.0380. The van der Waals surface area contributed by atoms with Crippen LogP contribution >= 0.6 is 0 Å². The molecule has 0 aliphatic rings. The summed E-state index contributed by atoms with van der Waals surface area (Å²) in [5, 5.41) is 15.7. The molecule has 0 radical (unpaired) electrons. The van der Waals surface area contributed by atoms with E-state index in [-0.39, 0.29) is 27.4 Å². The van der Waals surface area contributed by atoms with Crippen LogP contribution in [0.15, 0.2) is 53.6 Å². The van der Waals surface area contributed by atoms with Gasteiger partial charge in [-0.05, 0) is 36.4 Å². The Hall–Kier alpha value is -3.64. The topological polar surface area (TPSA) is 91.0 Å². The first kappa shape index (κ1) is 23.6. The maximum absolute atomic E-state index is 12.1. The molecule has 0 atom stereocenters. The van der Waals surface area contributed by atoms with Crippen LogP contribution in [0.3, 0.4) is 0 Å². The Morgan fingerprint density at radius 1 is 0.774 bits per heavy atom. The van der Waals surface area contributed by atoms with Crippen molar-refractivity contribution in [3.8, 4) is 0 Å². The van der Waals surface area contributed by atoms with Crippen molar-refractivity contribution in [2.75, 3.05) is 13.2 Å². The third kappa shape index (κ3) is 7.95. The lowest BCUT2D eigenvalue weighted by atomic mass is 10.2. The molecule has 0 aliphatic carbocycles. The van der Waals surface area contributed by atoms with E-state index in [1.807, 2.05) is 0 Å². The van der Waals surface area contributed by atoms with Crippen molar-refractivity contribution in [3.05, 3.63) is 64.9 Å². The van der Waals surface area contributed by atoms with Gasteiger partial charge in [-0.2, -0.15) is 26.3 Å². The normalized spacial score (nSPS) is 12.4. The van der Waals surface area contributed by atoms with Gasteiger partial charge >= 0.3 is 24.3 Å². The summed E-state index contributed by atoms with van der Waals surface area (Å²) >= 11 is 0. The van der Waals surface area contributed by atoms with Crippen molar-refractivity contribution in [1.29, 1.82) is 0 Å². The standard InChI is InChI=1S/C18H12F6N2O5/c19-17(20,21)9-30-15(27)11-1-5-13(6-2-11)25-26(29)14-7-3-12(4-8-14)16(28)31-10-18(22,23)24/h1-8H,9-10H2. The van der Waals surface area contributed by atoms with E-state index in [1.54, 1.807) is 0 Å². The van der Waals surface area contributed by atoms with Gasteiger partial charge in [-0.3, -0.25) is 0 Å². The molecule has 0 aromatic heterocycles. The number of esters is 2. The lowest BCUT2D eigenvalue weighted by molar-refractivity contribution is -0.435. The molecule has 0 amide bonds. The van der Waals surface area contributed by atoms with Crippen LogP contribution in [0.2, 0.25) is 0 Å². The van der Waals surface area contributed by atoms with Crippen molar-refractivity contribution in [2.24, 2.45) is 5.11 Å². The van der Waals surface area contributed by atoms with Gasteiger partial charge in [0.25, 0.3) is 0 Å². The van der Waals surface area contributed by atoms with Crippen LogP contribution in [0.25, 0.3) is 0 Å². The molecule has 7 nitrogen and oxygen atoms in total. The molecule has 13 heteroatoms. The van der Waals surface area contributed by atoms with Crippen molar-refractivity contribution >= 4 is 23.3 Å². The summed E-state index contributed by atoms with van der Waals surface area (Å²) in [5.41, 5.74) is -0.456. The van der Waals surface area contributed by atoms with Gasteiger partial charge in [0, 0.05) is 17.2 Å². The molecule has 2 rings (SSSR count). The maximum atomic E-state index is 12.1. The van der Waals surface area contributed by atoms with Crippen LogP contribution < -0.4 is 0 Å². The van der Waals surface area contributed by atoms with Gasteiger partial charge in [0.1, 0.15) is 5.69 Å². The highest BCUT2D eigenvalue weighted by atomic mass is 19.4. The zero-order valence-corrected chi connectivity index (χ0v) is 15.2. The fraction of sp³-hybridized carbons (Fsp3) is 0.222. The van der Waals surface area contributed by atoms with Gasteiger partial charge < -0.3 is 14.7 Å². The van der Waals surface area contributed by atoms with E-state index in [0.29, 0.717) is 0 Å². The monoisotopic (exact) mass is 450 g/mol. The number of alkyl halides is 6. The summed E-state index contributed by atoms with van der Waals surface area (Å²) < 4.78 is 80.5. The predicted molar refractivity (Wildman–Crippen MR) is 90.9 cm³/mol. The molecule has 31 heavy (non-hydrogen) atoms. The van der Waals surface area contributed by atoms with Gasteiger partial charge in [0.2, 0.25) is 5.69 Å². The third-order valence-corrected chi connectivity index (χ3v) is 3.37. The summed E-state index contributed by atoms with van der Waals surface area (Å²) in [6.45, 7) is -3.50. The third-order valence-electron chi connectivity index (χ3n) is 3.37. The second-order valence-electron chi connectivity index (χ2n) is 5.85. The van der Waals surface area contributed by atoms with Crippen LogP contribution in [0.4, 0.5) is 37.7 Å². The minimum Gasteiger partial charge on any atom is -0.594 e. The number of rotatable bonds is 6. The molecule has 0 unspecified atom stereocenters. The number of ether oxygens (including phenoxy) is 2. The number of benzene rings is 2. The molecular weight excluding hydrogens is 438 g/mol. The van der Waals surface area contributed by atoms with E-state index in [2.05, 4.69) is 14.6 Å². The summed E-state index contributed by atoms with van der Waals surface area (Å²) in [7, 11) is 0. The quantitative estimate of drug-likeness (QED) is 0.202. The highest BCUT2D eigenvalue weighted by Crippen LogP contribution is 2.21. The Bertz CT molecular complexity index is 953. The van der Waals surface area contributed by atoms with E-state index >= 15 is 0 Å². The number of carbonyl (C=O) groups excluding carboxylic acids is 2. The zero-order valence-electron chi connectivity index (χ0n) is 15.2. The van der Waals surface area contributed by atoms with Crippen LogP contribution in [0.5, 0.6) is 0 Å². The SMILES string of the molecule is O=C(OCC(F)(F)F)c1ccc(N=[N+]([O-])c2ccc(C(=O)OCC(F)(F)F)cc2)cc1. The molecule has 0 heterocycles. The Balaban J connectivity index is 2.02. The minimum atomic E-state index is -4.68. The van der Waals surface area contributed by atoms with E-state index < -0.39 is 37.5 Å². The van der Waals surface area contributed by atoms with Gasteiger partial charge in [0.15, 0.2) is 13.2 Å². The van der Waals surface area contributed by atoms with Crippen LogP contribution in [0, 0.1) is 5.21 Å². The molecule has 0 fully saturated rings. The molecule has 2 aromatic rings. The summed E-state index contributed by atoms with van der Waals surface area (Å²) in [6.07, 6.45) is -9.34. The van der Waals surface area contributed by atoms with Crippen molar-refractivity contribution in [2.45, 2.75) is 12.4 Å². The van der Waals surface area contributed by atoms with Gasteiger partial charge in [-0.25, -0.2) is 9.59 Å². The second kappa shape index (κ2) is 9.45. The molecule has 0 aliphatic heterocycles. The molecule has 0 saturated carbocycles. The Morgan fingerprint density at radius 3 is 1.55 bits per heavy atom. The number of nitrogens with zero attached hydrogens (tertiary/aromatic N) is 2. The molecule has 0 saturated heterocycles. The first-order chi connectivity index (χ1) is 14.3. The highest BCUT2D eigenvalue weighted by molar-refractivity contribution is 5.90. The number of halogens is 6. The fourth-order valence-electron chi connectivity index (χ4n) is 2.01.